The van der Waals surface area contributed by atoms with E-state index in [-0.39, 0.29) is 6.04 Å². The first-order valence-electron chi connectivity index (χ1n) is 5.79. The quantitative estimate of drug-likeness (QED) is 0.883. The van der Waals surface area contributed by atoms with Crippen LogP contribution in [0.2, 0.25) is 5.22 Å². The third kappa shape index (κ3) is 2.78. The Morgan fingerprint density at radius 1 is 1.50 bits per heavy atom. The Labute approximate surface area is 101 Å². The van der Waals surface area contributed by atoms with Crippen LogP contribution in [0, 0.1) is 5.92 Å². The summed E-state index contributed by atoms with van der Waals surface area (Å²) in [6.45, 7) is 1.78. The van der Waals surface area contributed by atoms with Crippen LogP contribution in [0.5, 0.6) is 0 Å². The van der Waals surface area contributed by atoms with E-state index in [4.69, 9.17) is 20.8 Å². The van der Waals surface area contributed by atoms with Crippen molar-refractivity contribution >= 4 is 11.6 Å². The normalized spacial score (nSPS) is 19.9. The van der Waals surface area contributed by atoms with Gasteiger partial charge in [-0.3, -0.25) is 0 Å². The zero-order valence-electron chi connectivity index (χ0n) is 9.54. The maximum atomic E-state index is 6.00. The SMILES string of the molecule is CNC(CC1CCOCC1)c1ccoc1Cl. The molecule has 1 N–H and O–H groups in total. The van der Waals surface area contributed by atoms with Crippen LogP contribution < -0.4 is 5.32 Å². The Balaban J connectivity index is 1.97. The molecule has 1 aromatic rings. The third-order valence-corrected chi connectivity index (χ3v) is 3.59. The Kier molecular flexibility index (Phi) is 4.27. The fourth-order valence-electron chi connectivity index (χ4n) is 2.27. The van der Waals surface area contributed by atoms with Crippen molar-refractivity contribution in [3.05, 3.63) is 23.1 Å². The summed E-state index contributed by atoms with van der Waals surface area (Å²) >= 11 is 6.00. The van der Waals surface area contributed by atoms with Gasteiger partial charge in [0.25, 0.3) is 0 Å². The summed E-state index contributed by atoms with van der Waals surface area (Å²) in [6.07, 6.45) is 5.03. The highest BCUT2D eigenvalue weighted by atomic mass is 35.5. The zero-order valence-corrected chi connectivity index (χ0v) is 10.3. The Hall–Kier alpha value is -0.510. The summed E-state index contributed by atoms with van der Waals surface area (Å²) in [5.41, 5.74) is 1.07. The van der Waals surface area contributed by atoms with E-state index in [2.05, 4.69) is 5.32 Å². The molecule has 1 unspecified atom stereocenters. The number of furan rings is 1. The van der Waals surface area contributed by atoms with Crippen molar-refractivity contribution in [3.8, 4) is 0 Å². The molecule has 0 bridgehead atoms. The molecule has 16 heavy (non-hydrogen) atoms. The largest absolute Gasteiger partial charge is 0.453 e. The van der Waals surface area contributed by atoms with Crippen molar-refractivity contribution in [2.24, 2.45) is 5.92 Å². The monoisotopic (exact) mass is 243 g/mol. The molecule has 0 spiro atoms. The van der Waals surface area contributed by atoms with E-state index in [1.165, 1.54) is 0 Å². The molecular formula is C12H18ClNO2. The van der Waals surface area contributed by atoms with E-state index in [9.17, 15) is 0 Å². The van der Waals surface area contributed by atoms with Gasteiger partial charge in [0.2, 0.25) is 0 Å². The number of halogens is 1. The molecule has 1 saturated heterocycles. The van der Waals surface area contributed by atoms with Gasteiger partial charge in [-0.15, -0.1) is 0 Å². The highest BCUT2D eigenvalue weighted by Crippen LogP contribution is 2.31. The van der Waals surface area contributed by atoms with Crippen molar-refractivity contribution in [2.75, 3.05) is 20.3 Å². The van der Waals surface area contributed by atoms with E-state index in [0.717, 1.165) is 44.0 Å². The van der Waals surface area contributed by atoms with E-state index >= 15 is 0 Å². The van der Waals surface area contributed by atoms with Gasteiger partial charge in [0.1, 0.15) is 0 Å². The van der Waals surface area contributed by atoms with E-state index in [1.807, 2.05) is 13.1 Å². The highest BCUT2D eigenvalue weighted by Gasteiger charge is 2.22. The van der Waals surface area contributed by atoms with Crippen molar-refractivity contribution in [3.63, 3.8) is 0 Å². The fraction of sp³-hybridized carbons (Fsp3) is 0.667. The predicted octanol–water partition coefficient (Wildman–Crippen LogP) is 3.01. The van der Waals surface area contributed by atoms with Gasteiger partial charge in [0.15, 0.2) is 5.22 Å². The van der Waals surface area contributed by atoms with E-state index in [1.54, 1.807) is 6.26 Å². The zero-order chi connectivity index (χ0) is 11.4. The van der Waals surface area contributed by atoms with E-state index in [0.29, 0.717) is 5.22 Å². The second-order valence-electron chi connectivity index (χ2n) is 4.28. The smallest absolute Gasteiger partial charge is 0.197 e. The maximum absolute atomic E-state index is 6.00. The summed E-state index contributed by atoms with van der Waals surface area (Å²) in [4.78, 5) is 0. The van der Waals surface area contributed by atoms with Crippen LogP contribution in [-0.4, -0.2) is 20.3 Å². The van der Waals surface area contributed by atoms with Crippen LogP contribution in [0.3, 0.4) is 0 Å². The van der Waals surface area contributed by atoms with Gasteiger partial charge in [0.05, 0.1) is 6.26 Å². The first-order chi connectivity index (χ1) is 7.81. The molecule has 0 aliphatic carbocycles. The number of ether oxygens (including phenoxy) is 1. The maximum Gasteiger partial charge on any atom is 0.197 e. The Morgan fingerprint density at radius 3 is 2.81 bits per heavy atom. The van der Waals surface area contributed by atoms with E-state index < -0.39 is 0 Å². The second-order valence-corrected chi connectivity index (χ2v) is 4.63. The molecule has 90 valence electrons. The average Bonchev–Trinajstić information content (AvgIpc) is 2.74. The van der Waals surface area contributed by atoms with Gasteiger partial charge in [-0.1, -0.05) is 0 Å². The summed E-state index contributed by atoms with van der Waals surface area (Å²) in [7, 11) is 1.97. The number of nitrogens with one attached hydrogen (secondary N) is 1. The lowest BCUT2D eigenvalue weighted by molar-refractivity contribution is 0.0608. The number of hydrogen-bond acceptors (Lipinski definition) is 3. The molecular weight excluding hydrogens is 226 g/mol. The van der Waals surface area contributed by atoms with Crippen LogP contribution in [-0.2, 0) is 4.74 Å². The summed E-state index contributed by atoms with van der Waals surface area (Å²) < 4.78 is 10.5. The van der Waals surface area contributed by atoms with Gasteiger partial charge >= 0.3 is 0 Å². The minimum atomic E-state index is 0.286. The first-order valence-corrected chi connectivity index (χ1v) is 6.17. The summed E-state index contributed by atoms with van der Waals surface area (Å²) in [5, 5.41) is 3.81. The lowest BCUT2D eigenvalue weighted by Gasteiger charge is -2.26. The van der Waals surface area contributed by atoms with Crippen molar-refractivity contribution in [1.82, 2.24) is 5.32 Å². The molecule has 1 aliphatic rings. The molecule has 3 nitrogen and oxygen atoms in total. The van der Waals surface area contributed by atoms with Crippen molar-refractivity contribution < 1.29 is 9.15 Å². The van der Waals surface area contributed by atoms with Gasteiger partial charge in [-0.25, -0.2) is 0 Å². The lowest BCUT2D eigenvalue weighted by Crippen LogP contribution is -2.23. The third-order valence-electron chi connectivity index (χ3n) is 3.28. The molecule has 4 heteroatoms. The minimum Gasteiger partial charge on any atom is -0.453 e. The predicted molar refractivity (Wildman–Crippen MR) is 63.7 cm³/mol. The van der Waals surface area contributed by atoms with Gasteiger partial charge < -0.3 is 14.5 Å². The minimum absolute atomic E-state index is 0.286. The molecule has 1 aromatic heterocycles. The van der Waals surface area contributed by atoms with Crippen molar-refractivity contribution in [1.29, 1.82) is 0 Å². The molecule has 0 aromatic carbocycles. The summed E-state index contributed by atoms with van der Waals surface area (Å²) in [5.74, 6) is 0.720. The molecule has 0 amide bonds. The number of hydrogen-bond donors (Lipinski definition) is 1. The van der Waals surface area contributed by atoms with Gasteiger partial charge in [-0.05, 0) is 49.9 Å². The molecule has 0 radical (unpaired) electrons. The summed E-state index contributed by atoms with van der Waals surface area (Å²) in [6, 6.07) is 2.23. The lowest BCUT2D eigenvalue weighted by atomic mass is 9.90. The molecule has 2 heterocycles. The van der Waals surface area contributed by atoms with Crippen LogP contribution in [0.15, 0.2) is 16.7 Å². The van der Waals surface area contributed by atoms with Crippen molar-refractivity contribution in [2.45, 2.75) is 25.3 Å². The van der Waals surface area contributed by atoms with Crippen LogP contribution in [0.4, 0.5) is 0 Å². The molecule has 1 atom stereocenters. The highest BCUT2D eigenvalue weighted by molar-refractivity contribution is 6.29. The molecule has 0 saturated carbocycles. The Morgan fingerprint density at radius 2 is 2.25 bits per heavy atom. The van der Waals surface area contributed by atoms with Crippen LogP contribution in [0.25, 0.3) is 0 Å². The number of rotatable bonds is 4. The molecule has 2 rings (SSSR count). The van der Waals surface area contributed by atoms with Crippen LogP contribution >= 0.6 is 11.6 Å². The van der Waals surface area contributed by atoms with Gasteiger partial charge in [-0.2, -0.15) is 0 Å². The Bertz CT molecular complexity index is 321. The molecule has 1 fully saturated rings. The second kappa shape index (κ2) is 5.71. The first kappa shape index (κ1) is 12.0. The van der Waals surface area contributed by atoms with Gasteiger partial charge in [0, 0.05) is 24.8 Å². The average molecular weight is 244 g/mol. The molecule has 1 aliphatic heterocycles. The fourth-order valence-corrected chi connectivity index (χ4v) is 2.52. The van der Waals surface area contributed by atoms with Crippen LogP contribution in [0.1, 0.15) is 30.9 Å². The topological polar surface area (TPSA) is 34.4 Å². The standard InChI is InChI=1S/C12H18ClNO2/c1-14-11(10-4-7-16-12(10)13)8-9-2-5-15-6-3-9/h4,7,9,11,14H,2-3,5-6,8H2,1H3.